The molecule has 270 valence electrons. The zero-order valence-electron chi connectivity index (χ0n) is 31.0. The van der Waals surface area contributed by atoms with E-state index in [4.69, 9.17) is 9.97 Å². The zero-order valence-corrected chi connectivity index (χ0v) is 31.9. The smallest absolute Gasteiger partial charge is 0.237 e. The van der Waals surface area contributed by atoms with Gasteiger partial charge in [0.15, 0.2) is 0 Å². The molecule has 0 aliphatic rings. The first-order valence-electron chi connectivity index (χ1n) is 19.6. The van der Waals surface area contributed by atoms with Gasteiger partial charge in [0.05, 0.1) is 44.5 Å². The molecule has 0 saturated heterocycles. The number of nitrogens with zero attached hydrogens (tertiary/aromatic N) is 5. The predicted molar refractivity (Wildman–Crippen MR) is 243 cm³/mol. The summed E-state index contributed by atoms with van der Waals surface area (Å²) >= 11 is 1.83. The quantitative estimate of drug-likeness (QED) is 0.179. The molecule has 5 nitrogen and oxygen atoms in total. The third kappa shape index (κ3) is 4.35. The minimum absolute atomic E-state index is 0.623. The van der Waals surface area contributed by atoms with Crippen molar-refractivity contribution in [2.45, 2.75) is 0 Å². The normalized spacial score (nSPS) is 12.1. The fourth-order valence-electron chi connectivity index (χ4n) is 9.47. The molecule has 0 atom stereocenters. The second-order valence-electron chi connectivity index (χ2n) is 15.0. The molecule has 0 aliphatic heterocycles. The molecule has 58 heavy (non-hydrogen) atoms. The molecular formula is C52H31N5S. The molecule has 0 N–H and O–H groups in total. The SMILES string of the molecule is c1ccc2c(c1)sc1c(-c3cc(-n4c5ccccc5c5ccccc54)nc(-n4c5ccccc5c5ccccc54)n3)c(-n3c4ccccc4c4ccccc43)ccc12. The van der Waals surface area contributed by atoms with E-state index in [0.717, 1.165) is 55.9 Å². The monoisotopic (exact) mass is 757 g/mol. The van der Waals surface area contributed by atoms with Crippen molar-refractivity contribution in [3.8, 4) is 28.7 Å². The van der Waals surface area contributed by atoms with Crippen molar-refractivity contribution in [1.29, 1.82) is 0 Å². The summed E-state index contributed by atoms with van der Waals surface area (Å²) in [6, 6.07) is 67.6. The van der Waals surface area contributed by atoms with Crippen molar-refractivity contribution in [3.63, 3.8) is 0 Å². The second kappa shape index (κ2) is 12.0. The molecule has 6 heteroatoms. The van der Waals surface area contributed by atoms with Gasteiger partial charge in [-0.3, -0.25) is 9.13 Å². The number of hydrogen-bond acceptors (Lipinski definition) is 3. The molecule has 0 saturated carbocycles. The topological polar surface area (TPSA) is 40.6 Å². The van der Waals surface area contributed by atoms with Crippen LogP contribution < -0.4 is 0 Å². The number of fused-ring (bicyclic) bond motifs is 12. The van der Waals surface area contributed by atoms with Gasteiger partial charge in [-0.1, -0.05) is 133 Å². The van der Waals surface area contributed by atoms with E-state index in [-0.39, 0.29) is 0 Å². The van der Waals surface area contributed by atoms with Crippen LogP contribution in [0.3, 0.4) is 0 Å². The largest absolute Gasteiger partial charge is 0.309 e. The lowest BCUT2D eigenvalue weighted by atomic mass is 10.0. The van der Waals surface area contributed by atoms with E-state index >= 15 is 0 Å². The summed E-state index contributed by atoms with van der Waals surface area (Å²) in [7, 11) is 0. The van der Waals surface area contributed by atoms with Gasteiger partial charge < -0.3 is 4.57 Å². The minimum Gasteiger partial charge on any atom is -0.309 e. The highest BCUT2D eigenvalue weighted by atomic mass is 32.1. The Balaban J connectivity index is 1.22. The lowest BCUT2D eigenvalue weighted by Crippen LogP contribution is -2.08. The molecule has 0 bridgehead atoms. The summed E-state index contributed by atoms with van der Waals surface area (Å²) in [5.74, 6) is 1.43. The summed E-state index contributed by atoms with van der Waals surface area (Å²) in [6.07, 6.45) is 0. The second-order valence-corrected chi connectivity index (χ2v) is 16.0. The van der Waals surface area contributed by atoms with Crippen molar-refractivity contribution >= 4 is 96.9 Å². The summed E-state index contributed by atoms with van der Waals surface area (Å²) < 4.78 is 9.44. The number of benzene rings is 8. The fraction of sp³-hybridized carbons (Fsp3) is 0. The van der Waals surface area contributed by atoms with Gasteiger partial charge in [0.1, 0.15) is 5.82 Å². The van der Waals surface area contributed by atoms with Gasteiger partial charge in [0.2, 0.25) is 5.95 Å². The van der Waals surface area contributed by atoms with Crippen LogP contribution in [0, 0.1) is 0 Å². The van der Waals surface area contributed by atoms with Crippen molar-refractivity contribution in [2.24, 2.45) is 0 Å². The van der Waals surface area contributed by atoms with Crippen LogP contribution in [0.25, 0.3) is 114 Å². The van der Waals surface area contributed by atoms with Crippen LogP contribution in [0.2, 0.25) is 0 Å². The zero-order chi connectivity index (χ0) is 37.9. The van der Waals surface area contributed by atoms with Crippen LogP contribution in [0.15, 0.2) is 188 Å². The van der Waals surface area contributed by atoms with Crippen LogP contribution in [0.4, 0.5) is 0 Å². The minimum atomic E-state index is 0.623. The van der Waals surface area contributed by atoms with Gasteiger partial charge in [-0.15, -0.1) is 11.3 Å². The average Bonchev–Trinajstić information content (AvgIpc) is 4.02. The Morgan fingerprint density at radius 2 is 0.759 bits per heavy atom. The number of para-hydroxylation sites is 6. The molecule has 0 radical (unpaired) electrons. The molecular weight excluding hydrogens is 727 g/mol. The molecule has 13 aromatic rings. The average molecular weight is 758 g/mol. The summed E-state index contributed by atoms with van der Waals surface area (Å²) in [6.45, 7) is 0. The third-order valence-corrected chi connectivity index (χ3v) is 13.1. The first-order chi connectivity index (χ1) is 28.8. The van der Waals surface area contributed by atoms with Gasteiger partial charge in [-0.2, -0.15) is 4.98 Å². The molecule has 0 aliphatic carbocycles. The molecule has 0 fully saturated rings. The summed E-state index contributed by atoms with van der Waals surface area (Å²) in [5, 5.41) is 9.63. The van der Waals surface area contributed by atoms with Crippen molar-refractivity contribution in [2.75, 3.05) is 0 Å². The lowest BCUT2D eigenvalue weighted by Gasteiger charge is -2.17. The Bertz CT molecular complexity index is 3530. The van der Waals surface area contributed by atoms with E-state index in [2.05, 4.69) is 202 Å². The first-order valence-corrected chi connectivity index (χ1v) is 20.4. The number of thiophene rings is 1. The first kappa shape index (κ1) is 31.6. The van der Waals surface area contributed by atoms with Gasteiger partial charge in [0, 0.05) is 64.1 Å². The van der Waals surface area contributed by atoms with E-state index in [1.807, 2.05) is 11.3 Å². The van der Waals surface area contributed by atoms with Gasteiger partial charge >= 0.3 is 0 Å². The van der Waals surface area contributed by atoms with Gasteiger partial charge in [0.25, 0.3) is 0 Å². The fourth-order valence-corrected chi connectivity index (χ4v) is 10.7. The van der Waals surface area contributed by atoms with E-state index in [1.54, 1.807) is 0 Å². The van der Waals surface area contributed by atoms with Crippen LogP contribution in [0.5, 0.6) is 0 Å². The van der Waals surface area contributed by atoms with E-state index < -0.39 is 0 Å². The van der Waals surface area contributed by atoms with Crippen molar-refractivity contribution < 1.29 is 0 Å². The van der Waals surface area contributed by atoms with Crippen LogP contribution in [-0.4, -0.2) is 23.7 Å². The standard InChI is InChI=1S/C52H31N5S/c1-8-22-41-32(15-1)33-16-2-9-23-42(33)55(41)47-30-29-39-38-21-7-14-28-48(38)58-51(39)50(47)40-31-49(56-43-24-10-3-17-34(43)35-18-4-11-25-44(35)56)54-52(53-40)57-45-26-12-5-19-36(45)37-20-6-13-27-46(37)57/h1-31H. The maximum Gasteiger partial charge on any atom is 0.237 e. The molecule has 0 spiro atoms. The number of hydrogen-bond donors (Lipinski definition) is 0. The maximum atomic E-state index is 5.70. The van der Waals surface area contributed by atoms with Crippen LogP contribution >= 0.6 is 11.3 Å². The van der Waals surface area contributed by atoms with Crippen LogP contribution in [0.1, 0.15) is 0 Å². The van der Waals surface area contributed by atoms with E-state index in [9.17, 15) is 0 Å². The molecule has 5 aromatic heterocycles. The highest BCUT2D eigenvalue weighted by Crippen LogP contribution is 2.46. The lowest BCUT2D eigenvalue weighted by molar-refractivity contribution is 0.952. The highest BCUT2D eigenvalue weighted by molar-refractivity contribution is 7.26. The Kier molecular flexibility index (Phi) is 6.54. The van der Waals surface area contributed by atoms with E-state index in [0.29, 0.717) is 5.95 Å². The Morgan fingerprint density at radius 3 is 1.26 bits per heavy atom. The summed E-state index contributed by atoms with van der Waals surface area (Å²) in [4.78, 5) is 11.3. The third-order valence-electron chi connectivity index (χ3n) is 11.9. The Hall–Kier alpha value is -7.54. The Labute approximate surface area is 335 Å². The van der Waals surface area contributed by atoms with Gasteiger partial charge in [-0.05, 0) is 48.5 Å². The molecule has 5 heterocycles. The number of aromatic nitrogens is 5. The van der Waals surface area contributed by atoms with Gasteiger partial charge in [-0.25, -0.2) is 4.98 Å². The molecule has 8 aromatic carbocycles. The highest BCUT2D eigenvalue weighted by Gasteiger charge is 2.24. The predicted octanol–water partition coefficient (Wildman–Crippen LogP) is 13.8. The number of rotatable bonds is 4. The molecule has 0 amide bonds. The van der Waals surface area contributed by atoms with E-state index in [1.165, 1.54) is 52.5 Å². The molecule has 13 rings (SSSR count). The Morgan fingerprint density at radius 1 is 0.345 bits per heavy atom. The van der Waals surface area contributed by atoms with Crippen molar-refractivity contribution in [1.82, 2.24) is 23.7 Å². The maximum absolute atomic E-state index is 5.70. The summed E-state index contributed by atoms with van der Waals surface area (Å²) in [5.41, 5.74) is 9.67. The van der Waals surface area contributed by atoms with Crippen LogP contribution in [-0.2, 0) is 0 Å². The molecule has 0 unspecified atom stereocenters. The van der Waals surface area contributed by atoms with Crippen molar-refractivity contribution in [3.05, 3.63) is 188 Å².